The van der Waals surface area contributed by atoms with Crippen LogP contribution in [0.1, 0.15) is 10.6 Å². The number of hydrogen-bond donors (Lipinski definition) is 0. The Kier molecular flexibility index (Phi) is 3.06. The van der Waals surface area contributed by atoms with Gasteiger partial charge in [0.1, 0.15) is 12.9 Å². The van der Waals surface area contributed by atoms with Crippen molar-refractivity contribution >= 4 is 22.9 Å². The van der Waals surface area contributed by atoms with Gasteiger partial charge in [0, 0.05) is 4.88 Å². The van der Waals surface area contributed by atoms with Crippen molar-refractivity contribution < 1.29 is 9.15 Å². The number of hydrogen-bond acceptors (Lipinski definition) is 4. The molecule has 74 valence electrons. The van der Waals surface area contributed by atoms with Crippen LogP contribution in [0, 0.1) is 0 Å². The van der Waals surface area contributed by atoms with Gasteiger partial charge in [-0.3, -0.25) is 0 Å². The van der Waals surface area contributed by atoms with Gasteiger partial charge >= 0.3 is 6.08 Å². The summed E-state index contributed by atoms with van der Waals surface area (Å²) in [4.78, 5) is 5.15. The van der Waals surface area contributed by atoms with E-state index in [-0.39, 0.29) is 6.08 Å². The molecule has 0 aliphatic heterocycles. The van der Waals surface area contributed by atoms with Crippen LogP contribution in [0.5, 0.6) is 6.08 Å². The molecule has 0 saturated heterocycles. The van der Waals surface area contributed by atoms with E-state index in [9.17, 15) is 0 Å². The van der Waals surface area contributed by atoms with Crippen molar-refractivity contribution in [3.8, 4) is 6.08 Å². The largest absolute Gasteiger partial charge is 0.444 e. The monoisotopic (exact) mass is 229 g/mol. The van der Waals surface area contributed by atoms with E-state index in [2.05, 4.69) is 4.98 Å². The molecule has 0 bridgehead atoms. The minimum atomic E-state index is 0.272. The Morgan fingerprint density at radius 2 is 2.50 bits per heavy atom. The summed E-state index contributed by atoms with van der Waals surface area (Å²) in [6.45, 7) is 0.486. The summed E-state index contributed by atoms with van der Waals surface area (Å²) < 4.78 is 10.3. The predicted octanol–water partition coefficient (Wildman–Crippen LogP) is 3.05. The van der Waals surface area contributed by atoms with E-state index >= 15 is 0 Å². The molecule has 0 N–H and O–H groups in total. The summed E-state index contributed by atoms with van der Waals surface area (Å²) in [7, 11) is 0. The van der Waals surface area contributed by atoms with E-state index in [1.165, 1.54) is 6.26 Å². The Morgan fingerprint density at radius 1 is 1.57 bits per heavy atom. The molecule has 2 rings (SSSR count). The number of alkyl halides is 1. The Labute approximate surface area is 90.3 Å². The zero-order valence-electron chi connectivity index (χ0n) is 7.27. The van der Waals surface area contributed by atoms with Gasteiger partial charge in [-0.15, -0.1) is 22.9 Å². The molecule has 2 aromatic rings. The van der Waals surface area contributed by atoms with E-state index in [1.54, 1.807) is 11.3 Å². The molecule has 14 heavy (non-hydrogen) atoms. The topological polar surface area (TPSA) is 35.3 Å². The second-order valence-corrected chi connectivity index (χ2v) is 3.91. The average molecular weight is 230 g/mol. The van der Waals surface area contributed by atoms with Crippen LogP contribution in [-0.2, 0) is 12.5 Å². The minimum Gasteiger partial charge on any atom is -0.444 e. The van der Waals surface area contributed by atoms with Gasteiger partial charge in [-0.1, -0.05) is 6.07 Å². The van der Waals surface area contributed by atoms with Crippen LogP contribution < -0.4 is 4.74 Å². The molecular weight excluding hydrogens is 222 g/mol. The third-order valence-corrected chi connectivity index (χ3v) is 2.71. The van der Waals surface area contributed by atoms with E-state index in [1.807, 2.05) is 17.5 Å². The maximum atomic E-state index is 5.56. The fourth-order valence-corrected chi connectivity index (χ4v) is 1.68. The molecule has 2 heterocycles. The molecule has 0 spiro atoms. The summed E-state index contributed by atoms with van der Waals surface area (Å²) in [6.07, 6.45) is 1.77. The van der Waals surface area contributed by atoms with Crippen LogP contribution >= 0.6 is 22.9 Å². The molecule has 0 saturated carbocycles. The maximum absolute atomic E-state index is 5.56. The van der Waals surface area contributed by atoms with Crippen LogP contribution in [0.2, 0.25) is 0 Å². The number of thiophene rings is 1. The second kappa shape index (κ2) is 4.48. The highest BCUT2D eigenvalue weighted by molar-refractivity contribution is 7.09. The van der Waals surface area contributed by atoms with Gasteiger partial charge in [-0.05, 0) is 11.4 Å². The lowest BCUT2D eigenvalue weighted by atomic mass is 10.5. The number of halogens is 1. The zero-order chi connectivity index (χ0) is 9.80. The first-order valence-electron chi connectivity index (χ1n) is 4.04. The lowest BCUT2D eigenvalue weighted by molar-refractivity contribution is 0.222. The summed E-state index contributed by atoms with van der Waals surface area (Å²) in [6, 6.07) is 3.97. The van der Waals surface area contributed by atoms with Crippen molar-refractivity contribution in [2.75, 3.05) is 0 Å². The first-order valence-corrected chi connectivity index (χ1v) is 5.45. The molecule has 0 aliphatic carbocycles. The number of ether oxygens (including phenoxy) is 1. The normalized spacial score (nSPS) is 10.4. The number of nitrogens with zero attached hydrogens (tertiary/aromatic N) is 1. The lowest BCUT2D eigenvalue weighted by Crippen LogP contribution is -1.92. The van der Waals surface area contributed by atoms with Gasteiger partial charge in [-0.2, -0.15) is 4.98 Å². The van der Waals surface area contributed by atoms with Crippen LogP contribution in [0.3, 0.4) is 0 Å². The fraction of sp³-hybridized carbons (Fsp3) is 0.222. The lowest BCUT2D eigenvalue weighted by Gasteiger charge is -1.96. The number of aromatic nitrogens is 1. The Morgan fingerprint density at radius 3 is 3.14 bits per heavy atom. The van der Waals surface area contributed by atoms with Gasteiger partial charge in [-0.25, -0.2) is 0 Å². The molecule has 2 aromatic heterocycles. The van der Waals surface area contributed by atoms with Crippen LogP contribution in [0.15, 0.2) is 28.2 Å². The summed E-state index contributed by atoms with van der Waals surface area (Å²) in [5.41, 5.74) is 0.688. The molecule has 0 amide bonds. The third-order valence-electron chi connectivity index (χ3n) is 1.59. The van der Waals surface area contributed by atoms with Gasteiger partial charge in [0.05, 0.1) is 11.6 Å². The van der Waals surface area contributed by atoms with Gasteiger partial charge in [0.2, 0.25) is 0 Å². The summed E-state index contributed by atoms with van der Waals surface area (Å²) in [5.74, 6) is 0.339. The molecule has 3 nitrogen and oxygen atoms in total. The standard InChI is InChI=1S/C9H8ClNO2S/c10-4-7-5-12-9(11-7)13-6-8-2-1-3-14-8/h1-3,5H,4,6H2. The van der Waals surface area contributed by atoms with E-state index < -0.39 is 0 Å². The zero-order valence-corrected chi connectivity index (χ0v) is 8.85. The highest BCUT2D eigenvalue weighted by Crippen LogP contribution is 2.15. The van der Waals surface area contributed by atoms with Crippen molar-refractivity contribution in [1.82, 2.24) is 4.98 Å². The molecule has 0 aliphatic rings. The van der Waals surface area contributed by atoms with Gasteiger partial charge in [0.15, 0.2) is 0 Å². The molecule has 0 radical (unpaired) electrons. The van der Waals surface area contributed by atoms with E-state index in [4.69, 9.17) is 20.8 Å². The highest BCUT2D eigenvalue weighted by Gasteiger charge is 2.04. The summed E-state index contributed by atoms with van der Waals surface area (Å²) >= 11 is 7.20. The van der Waals surface area contributed by atoms with Crippen LogP contribution in [-0.4, -0.2) is 4.98 Å². The van der Waals surface area contributed by atoms with Crippen LogP contribution in [0.4, 0.5) is 0 Å². The van der Waals surface area contributed by atoms with Crippen LogP contribution in [0.25, 0.3) is 0 Å². The fourth-order valence-electron chi connectivity index (χ4n) is 0.944. The van der Waals surface area contributed by atoms with Crippen molar-refractivity contribution in [3.63, 3.8) is 0 Å². The van der Waals surface area contributed by atoms with Crippen molar-refractivity contribution in [2.45, 2.75) is 12.5 Å². The third kappa shape index (κ3) is 2.27. The number of oxazole rings is 1. The predicted molar refractivity (Wildman–Crippen MR) is 54.7 cm³/mol. The number of rotatable bonds is 4. The molecule has 0 atom stereocenters. The second-order valence-electron chi connectivity index (χ2n) is 2.61. The van der Waals surface area contributed by atoms with Crippen molar-refractivity contribution in [2.24, 2.45) is 0 Å². The molecule has 0 unspecified atom stereocenters. The first kappa shape index (κ1) is 9.55. The maximum Gasteiger partial charge on any atom is 0.394 e. The van der Waals surface area contributed by atoms with Gasteiger partial charge in [0.25, 0.3) is 0 Å². The molecule has 0 fully saturated rings. The van der Waals surface area contributed by atoms with Crippen molar-refractivity contribution in [3.05, 3.63) is 34.3 Å². The Bertz CT molecular complexity index is 385. The SMILES string of the molecule is ClCc1coc(OCc2cccs2)n1. The first-order chi connectivity index (χ1) is 6.88. The summed E-state index contributed by atoms with van der Waals surface area (Å²) in [5, 5.41) is 2.00. The van der Waals surface area contributed by atoms with E-state index in [0.717, 1.165) is 4.88 Å². The Hall–Kier alpha value is -1.00. The molecule has 5 heteroatoms. The highest BCUT2D eigenvalue weighted by atomic mass is 35.5. The molecular formula is C9H8ClNO2S. The average Bonchev–Trinajstić information content (AvgIpc) is 2.86. The quantitative estimate of drug-likeness (QED) is 0.756. The molecule has 0 aromatic carbocycles. The van der Waals surface area contributed by atoms with Crippen molar-refractivity contribution in [1.29, 1.82) is 0 Å². The van der Waals surface area contributed by atoms with Gasteiger partial charge < -0.3 is 9.15 Å². The smallest absolute Gasteiger partial charge is 0.394 e. The minimum absolute atomic E-state index is 0.272. The van der Waals surface area contributed by atoms with E-state index in [0.29, 0.717) is 18.2 Å². The Balaban J connectivity index is 1.92.